The zero-order valence-electron chi connectivity index (χ0n) is 12.9. The molecule has 1 rings (SSSR count). The number of phenols is 1. The predicted octanol–water partition coefficient (Wildman–Crippen LogP) is 3.74. The minimum atomic E-state index is -1.17. The zero-order chi connectivity index (χ0) is 16.4. The summed E-state index contributed by atoms with van der Waals surface area (Å²) in [7, 11) is 0. The Kier molecular flexibility index (Phi) is 8.28. The first-order valence-electron chi connectivity index (χ1n) is 7.65. The minimum Gasteiger partial charge on any atom is -0.507 e. The molecular formula is C16H24N2O3S. The lowest BCUT2D eigenvalue weighted by molar-refractivity contribution is 0.0694. The van der Waals surface area contributed by atoms with Gasteiger partial charge in [0.1, 0.15) is 11.3 Å². The van der Waals surface area contributed by atoms with Gasteiger partial charge in [0.15, 0.2) is 5.11 Å². The molecule has 0 saturated carbocycles. The van der Waals surface area contributed by atoms with E-state index in [1.165, 1.54) is 44.2 Å². The van der Waals surface area contributed by atoms with Crippen molar-refractivity contribution in [2.45, 2.75) is 45.4 Å². The van der Waals surface area contributed by atoms with E-state index in [0.717, 1.165) is 13.0 Å². The lowest BCUT2D eigenvalue weighted by atomic mass is 10.1. The molecule has 1 aromatic carbocycles. The van der Waals surface area contributed by atoms with E-state index in [4.69, 9.17) is 17.3 Å². The normalized spacial score (nSPS) is 10.2. The van der Waals surface area contributed by atoms with Gasteiger partial charge in [-0.3, -0.25) is 0 Å². The largest absolute Gasteiger partial charge is 0.507 e. The number of carbonyl (C=O) groups is 1. The summed E-state index contributed by atoms with van der Waals surface area (Å²) in [5.41, 5.74) is 0.388. The molecule has 0 amide bonds. The van der Waals surface area contributed by atoms with Crippen LogP contribution < -0.4 is 10.6 Å². The van der Waals surface area contributed by atoms with E-state index in [1.807, 2.05) is 0 Å². The molecular weight excluding hydrogens is 300 g/mol. The SMILES string of the molecule is CCCCCCCCNC(=S)Nc1ccc(O)c(C(=O)O)c1. The van der Waals surface area contributed by atoms with Crippen molar-refractivity contribution in [1.29, 1.82) is 0 Å². The second-order valence-electron chi connectivity index (χ2n) is 5.19. The van der Waals surface area contributed by atoms with E-state index in [2.05, 4.69) is 17.6 Å². The van der Waals surface area contributed by atoms with Crippen LogP contribution in [0.15, 0.2) is 18.2 Å². The molecule has 0 bridgehead atoms. The van der Waals surface area contributed by atoms with Crippen LogP contribution in [0.3, 0.4) is 0 Å². The molecule has 0 saturated heterocycles. The molecule has 1 aromatic rings. The molecule has 0 unspecified atom stereocenters. The second kappa shape index (κ2) is 10.00. The monoisotopic (exact) mass is 324 g/mol. The summed E-state index contributed by atoms with van der Waals surface area (Å²) in [5, 5.41) is 24.9. The first-order valence-corrected chi connectivity index (χ1v) is 8.06. The molecule has 0 aliphatic rings. The summed E-state index contributed by atoms with van der Waals surface area (Å²) in [6, 6.07) is 4.28. The summed E-state index contributed by atoms with van der Waals surface area (Å²) >= 11 is 5.17. The fraction of sp³-hybridized carbons (Fsp3) is 0.500. The number of hydrogen-bond acceptors (Lipinski definition) is 3. The van der Waals surface area contributed by atoms with Gasteiger partial charge >= 0.3 is 5.97 Å². The zero-order valence-corrected chi connectivity index (χ0v) is 13.7. The Morgan fingerprint density at radius 2 is 1.86 bits per heavy atom. The standard InChI is InChI=1S/C16H24N2O3S/c1-2-3-4-5-6-7-10-17-16(22)18-12-8-9-14(19)13(11-12)15(20)21/h8-9,11,19H,2-7,10H2,1H3,(H,20,21)(H2,17,18,22). The average molecular weight is 324 g/mol. The van der Waals surface area contributed by atoms with Gasteiger partial charge in [-0.25, -0.2) is 4.79 Å². The van der Waals surface area contributed by atoms with Gasteiger partial charge in [0.05, 0.1) is 0 Å². The van der Waals surface area contributed by atoms with Crippen LogP contribution in [0.5, 0.6) is 5.75 Å². The number of aromatic carboxylic acids is 1. The van der Waals surface area contributed by atoms with E-state index in [-0.39, 0.29) is 11.3 Å². The van der Waals surface area contributed by atoms with Crippen molar-refractivity contribution < 1.29 is 15.0 Å². The quantitative estimate of drug-likeness (QED) is 0.315. The number of unbranched alkanes of at least 4 members (excludes halogenated alkanes) is 5. The number of carboxylic acids is 1. The average Bonchev–Trinajstić information content (AvgIpc) is 2.48. The summed E-state index contributed by atoms with van der Waals surface area (Å²) in [6.45, 7) is 2.99. The number of thiocarbonyl (C=S) groups is 1. The Morgan fingerprint density at radius 1 is 1.18 bits per heavy atom. The molecule has 0 atom stereocenters. The highest BCUT2D eigenvalue weighted by atomic mass is 32.1. The summed E-state index contributed by atoms with van der Waals surface area (Å²) < 4.78 is 0. The number of rotatable bonds is 9. The van der Waals surface area contributed by atoms with Crippen LogP contribution in [0.1, 0.15) is 55.8 Å². The molecule has 5 nitrogen and oxygen atoms in total. The molecule has 6 heteroatoms. The van der Waals surface area contributed by atoms with Crippen LogP contribution >= 0.6 is 12.2 Å². The molecule has 0 aromatic heterocycles. The van der Waals surface area contributed by atoms with E-state index in [1.54, 1.807) is 6.07 Å². The predicted molar refractivity (Wildman–Crippen MR) is 92.7 cm³/mol. The maximum Gasteiger partial charge on any atom is 0.339 e. The van der Waals surface area contributed by atoms with Crippen molar-refractivity contribution in [1.82, 2.24) is 5.32 Å². The number of hydrogen-bond donors (Lipinski definition) is 4. The Labute approximate surface area is 136 Å². The molecule has 4 N–H and O–H groups in total. The maximum absolute atomic E-state index is 10.9. The number of carboxylic acid groups (broad SMARTS) is 1. The van der Waals surface area contributed by atoms with Crippen LogP contribution in [-0.4, -0.2) is 27.8 Å². The van der Waals surface area contributed by atoms with Gasteiger partial charge in [0.2, 0.25) is 0 Å². The molecule has 22 heavy (non-hydrogen) atoms. The topological polar surface area (TPSA) is 81.6 Å². The maximum atomic E-state index is 10.9. The molecule has 0 aliphatic carbocycles. The van der Waals surface area contributed by atoms with Crippen molar-refractivity contribution in [3.63, 3.8) is 0 Å². The van der Waals surface area contributed by atoms with E-state index < -0.39 is 5.97 Å². The van der Waals surface area contributed by atoms with Crippen molar-refractivity contribution in [3.8, 4) is 5.75 Å². The van der Waals surface area contributed by atoms with Crippen LogP contribution in [0.4, 0.5) is 5.69 Å². The Bertz CT molecular complexity index is 506. The summed E-state index contributed by atoms with van der Waals surface area (Å²) in [4.78, 5) is 10.9. The van der Waals surface area contributed by atoms with Gasteiger partial charge in [0.25, 0.3) is 0 Å². The fourth-order valence-corrected chi connectivity index (χ4v) is 2.29. The molecule has 122 valence electrons. The van der Waals surface area contributed by atoms with Gasteiger partial charge < -0.3 is 20.8 Å². The third-order valence-electron chi connectivity index (χ3n) is 3.30. The van der Waals surface area contributed by atoms with Gasteiger partial charge in [-0.05, 0) is 36.8 Å². The van der Waals surface area contributed by atoms with Gasteiger partial charge in [0, 0.05) is 12.2 Å². The Hall–Kier alpha value is -1.82. The lowest BCUT2D eigenvalue weighted by Crippen LogP contribution is -2.29. The smallest absolute Gasteiger partial charge is 0.339 e. The molecule has 0 spiro atoms. The molecule has 0 fully saturated rings. The lowest BCUT2D eigenvalue weighted by Gasteiger charge is -2.11. The van der Waals surface area contributed by atoms with Crippen LogP contribution in [-0.2, 0) is 0 Å². The van der Waals surface area contributed by atoms with Crippen LogP contribution in [0.2, 0.25) is 0 Å². The van der Waals surface area contributed by atoms with Crippen molar-refractivity contribution in [2.24, 2.45) is 0 Å². The number of aromatic hydroxyl groups is 1. The summed E-state index contributed by atoms with van der Waals surface area (Å²) in [5.74, 6) is -1.43. The first kappa shape index (κ1) is 18.2. The first-order chi connectivity index (χ1) is 10.5. The number of benzene rings is 1. The fourth-order valence-electron chi connectivity index (χ4n) is 2.07. The Morgan fingerprint density at radius 3 is 2.55 bits per heavy atom. The van der Waals surface area contributed by atoms with Crippen molar-refractivity contribution >= 4 is 29.0 Å². The third-order valence-corrected chi connectivity index (χ3v) is 3.55. The highest BCUT2D eigenvalue weighted by Gasteiger charge is 2.10. The molecule has 0 heterocycles. The van der Waals surface area contributed by atoms with Crippen molar-refractivity contribution in [3.05, 3.63) is 23.8 Å². The van der Waals surface area contributed by atoms with Crippen molar-refractivity contribution in [2.75, 3.05) is 11.9 Å². The highest BCUT2D eigenvalue weighted by molar-refractivity contribution is 7.80. The van der Waals surface area contributed by atoms with Crippen LogP contribution in [0.25, 0.3) is 0 Å². The number of nitrogens with one attached hydrogen (secondary N) is 2. The van der Waals surface area contributed by atoms with Gasteiger partial charge in [-0.1, -0.05) is 39.0 Å². The minimum absolute atomic E-state index is 0.149. The molecule has 0 aliphatic heterocycles. The van der Waals surface area contributed by atoms with E-state index in [0.29, 0.717) is 10.8 Å². The van der Waals surface area contributed by atoms with E-state index in [9.17, 15) is 9.90 Å². The molecule has 0 radical (unpaired) electrons. The Balaban J connectivity index is 2.30. The second-order valence-corrected chi connectivity index (χ2v) is 5.59. The van der Waals surface area contributed by atoms with Gasteiger partial charge in [-0.15, -0.1) is 0 Å². The number of anilines is 1. The third kappa shape index (κ3) is 6.76. The van der Waals surface area contributed by atoms with Gasteiger partial charge in [-0.2, -0.15) is 0 Å². The van der Waals surface area contributed by atoms with E-state index >= 15 is 0 Å². The van der Waals surface area contributed by atoms with Crippen LogP contribution in [0, 0.1) is 0 Å². The highest BCUT2D eigenvalue weighted by Crippen LogP contribution is 2.21. The summed E-state index contributed by atoms with van der Waals surface area (Å²) in [6.07, 6.45) is 7.30.